The SMILES string of the molecule is COc1ccc(CC(=O)Nc2c3c(nn2-c2cccc(C)c2C)C[S@@](=O)C3)cc1. The number of nitrogens with zero attached hydrogens (tertiary/aromatic N) is 2. The van der Waals surface area contributed by atoms with Gasteiger partial charge in [0.15, 0.2) is 0 Å². The highest BCUT2D eigenvalue weighted by atomic mass is 32.2. The Morgan fingerprint density at radius 2 is 1.93 bits per heavy atom. The van der Waals surface area contributed by atoms with Crippen LogP contribution in [0.4, 0.5) is 5.82 Å². The summed E-state index contributed by atoms with van der Waals surface area (Å²) in [5.41, 5.74) is 5.72. The van der Waals surface area contributed by atoms with Gasteiger partial charge in [0.2, 0.25) is 5.91 Å². The summed E-state index contributed by atoms with van der Waals surface area (Å²) >= 11 is 0. The summed E-state index contributed by atoms with van der Waals surface area (Å²) in [7, 11) is 0.641. The monoisotopic (exact) mass is 409 g/mol. The number of hydrogen-bond donors (Lipinski definition) is 1. The first-order chi connectivity index (χ1) is 14.0. The van der Waals surface area contributed by atoms with Crippen molar-refractivity contribution in [2.24, 2.45) is 0 Å². The van der Waals surface area contributed by atoms with Gasteiger partial charge < -0.3 is 10.1 Å². The van der Waals surface area contributed by atoms with Crippen molar-refractivity contribution >= 4 is 22.5 Å². The van der Waals surface area contributed by atoms with Gasteiger partial charge in [0.1, 0.15) is 11.6 Å². The summed E-state index contributed by atoms with van der Waals surface area (Å²) in [6.45, 7) is 4.09. The Morgan fingerprint density at radius 3 is 2.66 bits per heavy atom. The first-order valence-electron chi connectivity index (χ1n) is 9.41. The minimum atomic E-state index is -0.970. The summed E-state index contributed by atoms with van der Waals surface area (Å²) in [6.07, 6.45) is 0.236. The highest BCUT2D eigenvalue weighted by Crippen LogP contribution is 2.32. The van der Waals surface area contributed by atoms with Gasteiger partial charge in [-0.05, 0) is 48.7 Å². The van der Waals surface area contributed by atoms with E-state index in [4.69, 9.17) is 4.74 Å². The fourth-order valence-corrected chi connectivity index (χ4v) is 4.76. The largest absolute Gasteiger partial charge is 0.497 e. The molecular formula is C22H23N3O3S. The molecule has 0 saturated heterocycles. The van der Waals surface area contributed by atoms with Gasteiger partial charge in [-0.25, -0.2) is 4.68 Å². The van der Waals surface area contributed by atoms with Gasteiger partial charge in [0.25, 0.3) is 0 Å². The second kappa shape index (κ2) is 7.83. The maximum atomic E-state index is 12.8. The van der Waals surface area contributed by atoms with Crippen LogP contribution < -0.4 is 10.1 Å². The Kier molecular flexibility index (Phi) is 5.24. The Morgan fingerprint density at radius 1 is 1.17 bits per heavy atom. The molecule has 0 saturated carbocycles. The predicted octanol–water partition coefficient (Wildman–Crippen LogP) is 3.44. The Hall–Kier alpha value is -2.93. The van der Waals surface area contributed by atoms with E-state index < -0.39 is 10.8 Å². The number of aryl methyl sites for hydroxylation is 1. The molecule has 2 heterocycles. The molecule has 4 rings (SSSR count). The molecule has 1 aliphatic rings. The number of fused-ring (bicyclic) bond motifs is 1. The topological polar surface area (TPSA) is 73.2 Å². The molecule has 1 N–H and O–H groups in total. The molecule has 3 aromatic rings. The molecule has 0 spiro atoms. The van der Waals surface area contributed by atoms with E-state index in [1.807, 2.05) is 56.3 Å². The van der Waals surface area contributed by atoms with Gasteiger partial charge in [-0.3, -0.25) is 9.00 Å². The average Bonchev–Trinajstić information content (AvgIpc) is 3.21. The van der Waals surface area contributed by atoms with Crippen LogP contribution >= 0.6 is 0 Å². The normalized spacial score (nSPS) is 15.2. The first kappa shape index (κ1) is 19.4. The molecule has 0 fully saturated rings. The van der Waals surface area contributed by atoms with Crippen LogP contribution in [0.3, 0.4) is 0 Å². The molecule has 1 aliphatic heterocycles. The zero-order chi connectivity index (χ0) is 20.5. The molecule has 0 bridgehead atoms. The third-order valence-corrected chi connectivity index (χ3v) is 6.46. The standard InChI is InChI=1S/C22H23N3O3S/c1-14-5-4-6-20(15(14)2)25-22(18-12-29(27)13-19(18)24-25)23-21(26)11-16-7-9-17(28-3)10-8-16/h4-10H,11-13H2,1-3H3,(H,23,26)/t29-/m0/s1. The van der Waals surface area contributed by atoms with Gasteiger partial charge in [0, 0.05) is 16.4 Å². The van der Waals surface area contributed by atoms with Crippen LogP contribution in [0.1, 0.15) is 27.9 Å². The van der Waals surface area contributed by atoms with Crippen molar-refractivity contribution in [1.82, 2.24) is 9.78 Å². The lowest BCUT2D eigenvalue weighted by molar-refractivity contribution is -0.115. The van der Waals surface area contributed by atoms with Crippen molar-refractivity contribution in [3.63, 3.8) is 0 Å². The van der Waals surface area contributed by atoms with Crippen LogP contribution in [0.5, 0.6) is 5.75 Å². The van der Waals surface area contributed by atoms with Crippen molar-refractivity contribution in [3.8, 4) is 11.4 Å². The number of methoxy groups -OCH3 is 1. The van der Waals surface area contributed by atoms with E-state index in [1.54, 1.807) is 11.8 Å². The molecule has 7 heteroatoms. The van der Waals surface area contributed by atoms with E-state index in [0.29, 0.717) is 17.3 Å². The van der Waals surface area contributed by atoms with Crippen LogP contribution in [0.2, 0.25) is 0 Å². The molecule has 1 atom stereocenters. The minimum Gasteiger partial charge on any atom is -0.497 e. The second-order valence-electron chi connectivity index (χ2n) is 7.21. The number of ether oxygens (including phenoxy) is 1. The van der Waals surface area contributed by atoms with Gasteiger partial charge >= 0.3 is 0 Å². The summed E-state index contributed by atoms with van der Waals surface area (Å²) in [6, 6.07) is 13.4. The number of rotatable bonds is 5. The second-order valence-corrected chi connectivity index (χ2v) is 8.66. The van der Waals surface area contributed by atoms with E-state index in [9.17, 15) is 9.00 Å². The number of hydrogen-bond acceptors (Lipinski definition) is 4. The molecule has 1 aromatic heterocycles. The molecule has 0 radical (unpaired) electrons. The van der Waals surface area contributed by atoms with E-state index in [-0.39, 0.29) is 12.3 Å². The molecule has 6 nitrogen and oxygen atoms in total. The molecule has 0 unspecified atom stereocenters. The Labute approximate surface area is 172 Å². The highest BCUT2D eigenvalue weighted by Gasteiger charge is 2.28. The maximum absolute atomic E-state index is 12.8. The first-order valence-corrected chi connectivity index (χ1v) is 10.9. The number of nitrogens with one attached hydrogen (secondary N) is 1. The van der Waals surface area contributed by atoms with Crippen LogP contribution in [-0.4, -0.2) is 27.0 Å². The Bertz CT molecular complexity index is 1100. The van der Waals surface area contributed by atoms with E-state index in [2.05, 4.69) is 10.4 Å². The zero-order valence-electron chi connectivity index (χ0n) is 16.7. The smallest absolute Gasteiger partial charge is 0.229 e. The number of carbonyl (C=O) groups excluding carboxylic acids is 1. The van der Waals surface area contributed by atoms with Gasteiger partial charge in [0.05, 0.1) is 36.4 Å². The molecule has 29 heavy (non-hydrogen) atoms. The van der Waals surface area contributed by atoms with Crippen molar-refractivity contribution in [2.45, 2.75) is 31.8 Å². The van der Waals surface area contributed by atoms with Crippen molar-refractivity contribution in [3.05, 3.63) is 70.4 Å². The van der Waals surface area contributed by atoms with Crippen molar-refractivity contribution in [2.75, 3.05) is 12.4 Å². The number of anilines is 1. The van der Waals surface area contributed by atoms with Crippen LogP contribution in [0.15, 0.2) is 42.5 Å². The molecular weight excluding hydrogens is 386 g/mol. The third kappa shape index (κ3) is 3.82. The zero-order valence-corrected chi connectivity index (χ0v) is 17.5. The quantitative estimate of drug-likeness (QED) is 0.701. The predicted molar refractivity (Wildman–Crippen MR) is 114 cm³/mol. The minimum absolute atomic E-state index is 0.137. The summed E-state index contributed by atoms with van der Waals surface area (Å²) in [4.78, 5) is 12.8. The van der Waals surface area contributed by atoms with Crippen molar-refractivity contribution in [1.29, 1.82) is 0 Å². The third-order valence-electron chi connectivity index (χ3n) is 5.26. The fourth-order valence-electron chi connectivity index (χ4n) is 3.50. The van der Waals surface area contributed by atoms with E-state index >= 15 is 0 Å². The number of benzene rings is 2. The lowest BCUT2D eigenvalue weighted by atomic mass is 10.1. The molecule has 2 aromatic carbocycles. The fraction of sp³-hybridized carbons (Fsp3) is 0.273. The lowest BCUT2D eigenvalue weighted by Gasteiger charge is -2.14. The number of carbonyl (C=O) groups is 1. The van der Waals surface area contributed by atoms with Gasteiger partial charge in [-0.2, -0.15) is 5.10 Å². The number of amides is 1. The van der Waals surface area contributed by atoms with E-state index in [1.165, 1.54) is 0 Å². The highest BCUT2D eigenvalue weighted by molar-refractivity contribution is 7.83. The van der Waals surface area contributed by atoms with Gasteiger partial charge in [-0.15, -0.1) is 0 Å². The molecule has 1 amide bonds. The summed E-state index contributed by atoms with van der Waals surface area (Å²) < 4.78 is 19.0. The average molecular weight is 410 g/mol. The van der Waals surface area contributed by atoms with Gasteiger partial charge in [-0.1, -0.05) is 24.3 Å². The van der Waals surface area contributed by atoms with Crippen LogP contribution in [0, 0.1) is 13.8 Å². The van der Waals surface area contributed by atoms with E-state index in [0.717, 1.165) is 39.4 Å². The van der Waals surface area contributed by atoms with Crippen LogP contribution in [0.25, 0.3) is 5.69 Å². The molecule has 0 aliphatic carbocycles. The maximum Gasteiger partial charge on any atom is 0.229 e. The molecule has 150 valence electrons. The van der Waals surface area contributed by atoms with Crippen molar-refractivity contribution < 1.29 is 13.7 Å². The summed E-state index contributed by atoms with van der Waals surface area (Å²) in [5, 5.41) is 7.72. The summed E-state index contributed by atoms with van der Waals surface area (Å²) in [5.74, 6) is 2.08. The Balaban J connectivity index is 1.66. The number of aromatic nitrogens is 2. The van der Waals surface area contributed by atoms with Crippen LogP contribution in [-0.2, 0) is 33.5 Å². The lowest BCUT2D eigenvalue weighted by Crippen LogP contribution is -2.18.